The Morgan fingerprint density at radius 1 is 1.38 bits per heavy atom. The van der Waals surface area contributed by atoms with E-state index in [2.05, 4.69) is 4.98 Å². The third-order valence-corrected chi connectivity index (χ3v) is 1.82. The number of aryl methyl sites for hydroxylation is 1. The summed E-state index contributed by atoms with van der Waals surface area (Å²) >= 11 is 0. The lowest BCUT2D eigenvalue weighted by Gasteiger charge is -2.28. The van der Waals surface area contributed by atoms with E-state index in [1.54, 1.807) is 0 Å². The van der Waals surface area contributed by atoms with Crippen LogP contribution in [0.15, 0.2) is 12.1 Å². The van der Waals surface area contributed by atoms with E-state index in [4.69, 9.17) is 17.8 Å². The summed E-state index contributed by atoms with van der Waals surface area (Å²) in [6.07, 6.45) is -10.9. The largest absolute Gasteiger partial charge is 0.488 e. The van der Waals surface area contributed by atoms with E-state index in [9.17, 15) is 10.0 Å². The number of hydrogen-bond donors (Lipinski definition) is 2. The minimum atomic E-state index is -3.65. The first kappa shape index (κ1) is 3.46. The minimum Gasteiger partial charge on any atom is -0.423 e. The van der Waals surface area contributed by atoms with Crippen molar-refractivity contribution in [3.05, 3.63) is 17.8 Å². The van der Waals surface area contributed by atoms with Crippen LogP contribution < -0.4 is 10.4 Å². The second kappa shape index (κ2) is 4.85. The minimum absolute atomic E-state index is 0.136. The van der Waals surface area contributed by atoms with E-state index in [1.807, 2.05) is 0 Å². The third-order valence-electron chi connectivity index (χ3n) is 1.82. The van der Waals surface area contributed by atoms with Gasteiger partial charge in [-0.15, -0.1) is 0 Å². The van der Waals surface area contributed by atoms with Crippen molar-refractivity contribution >= 4 is 18.4 Å². The second-order valence-electron chi connectivity index (χ2n) is 2.95. The van der Waals surface area contributed by atoms with Crippen LogP contribution in [0.1, 0.15) is 42.6 Å². The lowest BCUT2D eigenvalue weighted by atomic mass is 9.80. The highest BCUT2D eigenvalue weighted by Crippen LogP contribution is 2.16. The zero-order valence-corrected chi connectivity index (χ0v) is 8.02. The number of nitrogens with zero attached hydrogens (tertiary/aromatic N) is 2. The predicted octanol–water partition coefficient (Wildman–Crippen LogP) is 0.0601. The highest BCUT2D eigenvalue weighted by Gasteiger charge is 2.17. The van der Waals surface area contributed by atoms with E-state index >= 15 is 0 Å². The summed E-state index contributed by atoms with van der Waals surface area (Å²) in [7, 11) is -2.28. The lowest BCUT2D eigenvalue weighted by molar-refractivity contribution is 0.425. The van der Waals surface area contributed by atoms with Crippen molar-refractivity contribution in [2.75, 3.05) is 17.9 Å². The predicted molar refractivity (Wildman–Crippen MR) is 64.9 cm³/mol. The van der Waals surface area contributed by atoms with E-state index < -0.39 is 63.1 Å². The van der Waals surface area contributed by atoms with Crippen LogP contribution in [0.3, 0.4) is 0 Å². The van der Waals surface area contributed by atoms with Crippen molar-refractivity contribution < 1.29 is 27.9 Å². The summed E-state index contributed by atoms with van der Waals surface area (Å²) in [6.45, 7) is -10.1. The lowest BCUT2D eigenvalue weighted by Crippen LogP contribution is -2.34. The molecule has 0 unspecified atom stereocenters. The van der Waals surface area contributed by atoms with Gasteiger partial charge < -0.3 is 14.9 Å². The van der Waals surface area contributed by atoms with E-state index in [0.717, 1.165) is 6.07 Å². The van der Waals surface area contributed by atoms with Gasteiger partial charge in [-0.2, -0.15) is 0 Å². The molecule has 0 atom stereocenters. The molecule has 5 heteroatoms. The fourth-order valence-electron chi connectivity index (χ4n) is 1.14. The fraction of sp³-hybridized carbons (Fsp3) is 0.545. The first-order valence-electron chi connectivity index (χ1n) is 10.8. The monoisotopic (exact) mass is 233 g/mol. The normalized spacial score (nSPS) is 44.9. The maximum atomic E-state index is 9.42. The molecule has 0 radical (unpaired) electrons. The quantitative estimate of drug-likeness (QED) is 0.709. The molecule has 16 heavy (non-hydrogen) atoms. The maximum absolute atomic E-state index is 9.42. The van der Waals surface area contributed by atoms with Gasteiger partial charge in [0.15, 0.2) is 0 Å². The van der Waals surface area contributed by atoms with Gasteiger partial charge in [0.05, 0.1) is 0 Å². The number of rotatable bonds is 2. The van der Waals surface area contributed by atoms with Crippen LogP contribution in [-0.4, -0.2) is 35.1 Å². The molecule has 1 fully saturated rings. The van der Waals surface area contributed by atoms with Crippen molar-refractivity contribution in [1.29, 1.82) is 0 Å². The Balaban J connectivity index is 2.90. The van der Waals surface area contributed by atoms with Crippen LogP contribution in [-0.2, 0) is 0 Å². The Bertz CT molecular complexity index is 780. The van der Waals surface area contributed by atoms with Crippen LogP contribution >= 0.6 is 0 Å². The van der Waals surface area contributed by atoms with Gasteiger partial charge in [-0.25, -0.2) is 4.98 Å². The Morgan fingerprint density at radius 2 is 2.12 bits per heavy atom. The molecule has 1 saturated heterocycles. The molecule has 0 aliphatic carbocycles. The van der Waals surface area contributed by atoms with Gasteiger partial charge >= 0.3 is 7.12 Å². The van der Waals surface area contributed by atoms with Gasteiger partial charge in [0.2, 0.25) is 0 Å². The Labute approximate surface area is 114 Å². The molecule has 0 aromatic carbocycles. The van der Waals surface area contributed by atoms with Crippen molar-refractivity contribution in [1.82, 2.24) is 4.98 Å². The molecule has 2 N–H and O–H groups in total. The van der Waals surface area contributed by atoms with Gasteiger partial charge in [0.1, 0.15) is 5.82 Å². The van der Waals surface area contributed by atoms with E-state index in [1.165, 1.54) is 0 Å². The molecule has 0 saturated carbocycles. The summed E-state index contributed by atoms with van der Waals surface area (Å²) in [5.74, 6) is -0.944. The number of piperidine rings is 1. The van der Waals surface area contributed by atoms with E-state index in [0.29, 0.717) is 6.07 Å². The molecule has 0 spiro atoms. The topological polar surface area (TPSA) is 56.6 Å². The zero-order valence-electron chi connectivity index (χ0n) is 21.0. The van der Waals surface area contributed by atoms with Crippen molar-refractivity contribution in [3.63, 3.8) is 0 Å². The van der Waals surface area contributed by atoms with Gasteiger partial charge in [0, 0.05) is 36.5 Å². The van der Waals surface area contributed by atoms with Gasteiger partial charge in [-0.1, -0.05) is 0 Å². The first-order chi connectivity index (χ1) is 12.6. The fourth-order valence-corrected chi connectivity index (χ4v) is 1.14. The zero-order chi connectivity index (χ0) is 23.0. The molecule has 2 rings (SSSR count). The smallest absolute Gasteiger partial charge is 0.423 e. The molecule has 1 aromatic rings. The Hall–Kier alpha value is -1.07. The van der Waals surface area contributed by atoms with Crippen molar-refractivity contribution in [2.24, 2.45) is 0 Å². The highest BCUT2D eigenvalue weighted by molar-refractivity contribution is 6.58. The third kappa shape index (κ3) is 2.54. The van der Waals surface area contributed by atoms with E-state index in [-0.39, 0.29) is 4.90 Å². The number of hydrogen-bond acceptors (Lipinski definition) is 4. The van der Waals surface area contributed by atoms with Crippen molar-refractivity contribution in [3.8, 4) is 0 Å². The maximum Gasteiger partial charge on any atom is 0.488 e. The average molecular weight is 233 g/mol. The number of aromatic nitrogens is 1. The number of anilines is 1. The van der Waals surface area contributed by atoms with Gasteiger partial charge in [-0.05, 0) is 43.6 Å². The van der Waals surface area contributed by atoms with Crippen LogP contribution in [0.2, 0.25) is 0 Å². The van der Waals surface area contributed by atoms with Crippen LogP contribution in [0.5, 0.6) is 0 Å². The molecule has 0 amide bonds. The highest BCUT2D eigenvalue weighted by atomic mass is 16.4. The summed E-state index contributed by atoms with van der Waals surface area (Å²) < 4.78 is 102. The van der Waals surface area contributed by atoms with Crippen molar-refractivity contribution in [2.45, 2.75) is 26.0 Å². The molecule has 1 aromatic heterocycles. The summed E-state index contributed by atoms with van der Waals surface area (Å²) in [5.41, 5.74) is -1.35. The van der Waals surface area contributed by atoms with Gasteiger partial charge in [0.25, 0.3) is 0 Å². The van der Waals surface area contributed by atoms with Crippen LogP contribution in [0.4, 0.5) is 5.82 Å². The molecule has 86 valence electrons. The standard InChI is InChI=1S/C11H17BN2O2/c1-9-7-10(12(15)16)8-11(13-9)14-5-3-2-4-6-14/h7-8,15-16H,2-6H2,1H3/i1D3,2D2,3D2,4D2,5D2,6D2. The molecule has 4 nitrogen and oxygen atoms in total. The molecule has 1 aliphatic rings. The summed E-state index contributed by atoms with van der Waals surface area (Å²) in [4.78, 5) is 3.45. The average Bonchev–Trinajstić information content (AvgIpc) is 2.51. The summed E-state index contributed by atoms with van der Waals surface area (Å²) in [6, 6.07) is 1.42. The SMILES string of the molecule is [2H]C([2H])([2H])c1cc(B(O)O)cc(N2C([2H])([2H])C([2H])([2H])C([2H])([2H])C([2H])([2H])C2([2H])[2H])n1. The van der Waals surface area contributed by atoms with Crippen LogP contribution in [0, 0.1) is 6.85 Å². The Kier molecular flexibility index (Phi) is 1.05. The van der Waals surface area contributed by atoms with Gasteiger partial charge in [-0.3, -0.25) is 0 Å². The molecular weight excluding hydrogens is 203 g/mol. The molecule has 2 heterocycles. The Morgan fingerprint density at radius 3 is 2.75 bits per heavy atom. The second-order valence-corrected chi connectivity index (χ2v) is 2.95. The number of pyridine rings is 1. The molecule has 0 bridgehead atoms. The molecule has 1 aliphatic heterocycles. The molecular formula is C11H17BN2O2. The summed E-state index contributed by atoms with van der Waals surface area (Å²) in [5, 5.41) is 18.8. The van der Waals surface area contributed by atoms with Crippen LogP contribution in [0.25, 0.3) is 0 Å². The first-order valence-corrected chi connectivity index (χ1v) is 4.33.